The van der Waals surface area contributed by atoms with E-state index in [1.165, 1.54) is 12.1 Å². The van der Waals surface area contributed by atoms with Crippen LogP contribution in [0.3, 0.4) is 0 Å². The Morgan fingerprint density at radius 3 is 2.46 bits per heavy atom. The zero-order chi connectivity index (χ0) is 20.0. The summed E-state index contributed by atoms with van der Waals surface area (Å²) in [6, 6.07) is 15.3. The molecule has 0 saturated heterocycles. The van der Waals surface area contributed by atoms with E-state index >= 15 is 0 Å². The van der Waals surface area contributed by atoms with Crippen molar-refractivity contribution in [3.05, 3.63) is 54.6 Å². The van der Waals surface area contributed by atoms with Gasteiger partial charge in [-0.25, -0.2) is 8.42 Å². The molecule has 1 amide bonds. The van der Waals surface area contributed by atoms with Crippen molar-refractivity contribution in [3.63, 3.8) is 0 Å². The number of rotatable bonds is 8. The number of hydrogen-bond acceptors (Lipinski definition) is 7. The van der Waals surface area contributed by atoms with E-state index in [1.54, 1.807) is 31.2 Å². The van der Waals surface area contributed by atoms with Gasteiger partial charge in [0.1, 0.15) is 5.75 Å². The molecule has 0 unspecified atom stereocenters. The molecule has 28 heavy (non-hydrogen) atoms. The first kappa shape index (κ1) is 19.6. The number of sulfone groups is 1. The Hall–Kier alpha value is -3.20. The number of nitrogens with zero attached hydrogens (tertiary/aromatic N) is 2. The summed E-state index contributed by atoms with van der Waals surface area (Å²) in [5.41, 5.74) is 0.551. The van der Waals surface area contributed by atoms with Crippen LogP contribution in [0.5, 0.6) is 5.75 Å². The highest BCUT2D eigenvalue weighted by Gasteiger charge is 2.14. The maximum Gasteiger partial charge on any atom is 0.322 e. The Kier molecular flexibility index (Phi) is 6.05. The molecule has 0 bridgehead atoms. The third-order valence-electron chi connectivity index (χ3n) is 3.85. The highest BCUT2D eigenvalue weighted by atomic mass is 32.2. The lowest BCUT2D eigenvalue weighted by Crippen LogP contribution is -2.15. The molecule has 0 aliphatic carbocycles. The van der Waals surface area contributed by atoms with Crippen molar-refractivity contribution < 1.29 is 22.4 Å². The normalized spacial score (nSPS) is 11.2. The molecule has 1 aromatic heterocycles. The van der Waals surface area contributed by atoms with Crippen LogP contribution >= 0.6 is 0 Å². The SMILES string of the molecule is CCS(=O)(=O)c1ccc(-c2nnc(NC(=O)CCOc3ccccc3)o2)cc1. The zero-order valence-corrected chi connectivity index (χ0v) is 16.0. The van der Waals surface area contributed by atoms with Gasteiger partial charge in [-0.1, -0.05) is 30.2 Å². The summed E-state index contributed by atoms with van der Waals surface area (Å²) < 4.78 is 34.6. The van der Waals surface area contributed by atoms with Crippen molar-refractivity contribution in [2.45, 2.75) is 18.2 Å². The number of anilines is 1. The zero-order valence-electron chi connectivity index (χ0n) is 15.2. The molecular formula is C19H19N3O5S. The molecule has 0 saturated carbocycles. The predicted molar refractivity (Wildman–Crippen MR) is 103 cm³/mol. The van der Waals surface area contributed by atoms with Gasteiger partial charge in [0.2, 0.25) is 11.8 Å². The van der Waals surface area contributed by atoms with Crippen LogP contribution in [-0.2, 0) is 14.6 Å². The molecule has 0 spiro atoms. The molecule has 2 aromatic carbocycles. The van der Waals surface area contributed by atoms with E-state index in [4.69, 9.17) is 9.15 Å². The summed E-state index contributed by atoms with van der Waals surface area (Å²) in [7, 11) is -3.27. The molecule has 1 N–H and O–H groups in total. The number of hydrogen-bond donors (Lipinski definition) is 1. The number of amides is 1. The van der Waals surface area contributed by atoms with Gasteiger partial charge in [0.25, 0.3) is 0 Å². The molecule has 8 nitrogen and oxygen atoms in total. The van der Waals surface area contributed by atoms with Crippen LogP contribution in [0.4, 0.5) is 6.01 Å². The fourth-order valence-corrected chi connectivity index (χ4v) is 3.21. The Morgan fingerprint density at radius 2 is 1.79 bits per heavy atom. The lowest BCUT2D eigenvalue weighted by molar-refractivity contribution is -0.116. The van der Waals surface area contributed by atoms with E-state index < -0.39 is 9.84 Å². The molecule has 3 aromatic rings. The third-order valence-corrected chi connectivity index (χ3v) is 5.60. The summed E-state index contributed by atoms with van der Waals surface area (Å²) in [6.07, 6.45) is 0.121. The molecular weight excluding hydrogens is 382 g/mol. The van der Waals surface area contributed by atoms with E-state index in [9.17, 15) is 13.2 Å². The average molecular weight is 401 g/mol. The molecule has 3 rings (SSSR count). The second kappa shape index (κ2) is 8.66. The summed E-state index contributed by atoms with van der Waals surface area (Å²) in [4.78, 5) is 12.2. The Labute approximate surface area is 162 Å². The van der Waals surface area contributed by atoms with Gasteiger partial charge in [-0.05, 0) is 36.4 Å². The minimum Gasteiger partial charge on any atom is -0.493 e. The minimum absolute atomic E-state index is 0.0249. The maximum atomic E-state index is 12.0. The molecule has 0 aliphatic heterocycles. The van der Waals surface area contributed by atoms with Gasteiger partial charge in [0, 0.05) is 5.56 Å². The van der Waals surface area contributed by atoms with Crippen LogP contribution in [0.25, 0.3) is 11.5 Å². The second-order valence-electron chi connectivity index (χ2n) is 5.80. The predicted octanol–water partition coefficient (Wildman–Crippen LogP) is 2.94. The van der Waals surface area contributed by atoms with Crippen molar-refractivity contribution in [1.29, 1.82) is 0 Å². The second-order valence-corrected chi connectivity index (χ2v) is 8.08. The number of carbonyl (C=O) groups excluding carboxylic acids is 1. The first-order chi connectivity index (χ1) is 13.5. The summed E-state index contributed by atoms with van der Waals surface area (Å²) in [5, 5.41) is 10.2. The van der Waals surface area contributed by atoms with E-state index in [2.05, 4.69) is 15.5 Å². The monoisotopic (exact) mass is 401 g/mol. The molecule has 146 valence electrons. The Morgan fingerprint density at radius 1 is 1.07 bits per heavy atom. The highest BCUT2D eigenvalue weighted by Crippen LogP contribution is 2.22. The van der Waals surface area contributed by atoms with Crippen molar-refractivity contribution in [2.24, 2.45) is 0 Å². The van der Waals surface area contributed by atoms with Gasteiger partial charge in [0.05, 0.1) is 23.7 Å². The smallest absolute Gasteiger partial charge is 0.322 e. The fourth-order valence-electron chi connectivity index (χ4n) is 2.32. The fraction of sp³-hybridized carbons (Fsp3) is 0.211. The van der Waals surface area contributed by atoms with Crippen LogP contribution in [0.2, 0.25) is 0 Å². The van der Waals surface area contributed by atoms with E-state index in [0.717, 1.165) is 0 Å². The molecule has 0 atom stereocenters. The van der Waals surface area contributed by atoms with E-state index in [1.807, 2.05) is 18.2 Å². The Bertz CT molecular complexity index is 1030. The first-order valence-corrected chi connectivity index (χ1v) is 10.3. The van der Waals surface area contributed by atoms with Gasteiger partial charge < -0.3 is 9.15 Å². The van der Waals surface area contributed by atoms with Gasteiger partial charge in [-0.3, -0.25) is 10.1 Å². The van der Waals surface area contributed by atoms with Crippen molar-refractivity contribution >= 4 is 21.8 Å². The van der Waals surface area contributed by atoms with Crippen molar-refractivity contribution in [1.82, 2.24) is 10.2 Å². The van der Waals surface area contributed by atoms with Crippen LogP contribution < -0.4 is 10.1 Å². The largest absolute Gasteiger partial charge is 0.493 e. The standard InChI is InChI=1S/C19H19N3O5S/c1-2-28(24,25)16-10-8-14(9-11-16)18-21-22-19(27-18)20-17(23)12-13-26-15-6-4-3-5-7-15/h3-11H,2,12-13H2,1H3,(H,20,22,23). The molecule has 0 radical (unpaired) electrons. The van der Waals surface area contributed by atoms with E-state index in [-0.39, 0.29) is 41.5 Å². The number of aromatic nitrogens is 2. The number of para-hydroxylation sites is 1. The van der Waals surface area contributed by atoms with Crippen LogP contribution in [0.1, 0.15) is 13.3 Å². The highest BCUT2D eigenvalue weighted by molar-refractivity contribution is 7.91. The van der Waals surface area contributed by atoms with Gasteiger partial charge in [-0.2, -0.15) is 0 Å². The van der Waals surface area contributed by atoms with Crippen molar-refractivity contribution in [3.8, 4) is 17.2 Å². The van der Waals surface area contributed by atoms with Gasteiger partial charge in [-0.15, -0.1) is 5.10 Å². The van der Waals surface area contributed by atoms with Gasteiger partial charge in [0.15, 0.2) is 9.84 Å². The van der Waals surface area contributed by atoms with E-state index in [0.29, 0.717) is 11.3 Å². The Balaban J connectivity index is 1.55. The summed E-state index contributed by atoms with van der Waals surface area (Å²) in [6.45, 7) is 1.80. The summed E-state index contributed by atoms with van der Waals surface area (Å²) in [5.74, 6) is 0.563. The quantitative estimate of drug-likeness (QED) is 0.618. The molecule has 0 aliphatic rings. The van der Waals surface area contributed by atoms with Gasteiger partial charge >= 0.3 is 6.01 Å². The number of nitrogens with one attached hydrogen (secondary N) is 1. The molecule has 9 heteroatoms. The number of ether oxygens (including phenoxy) is 1. The van der Waals surface area contributed by atoms with Crippen molar-refractivity contribution in [2.75, 3.05) is 17.7 Å². The molecule has 0 fully saturated rings. The third kappa shape index (κ3) is 4.95. The lowest BCUT2D eigenvalue weighted by atomic mass is 10.2. The minimum atomic E-state index is -3.27. The van der Waals surface area contributed by atoms with Crippen LogP contribution in [0, 0.1) is 0 Å². The van der Waals surface area contributed by atoms with Crippen LogP contribution in [0.15, 0.2) is 63.9 Å². The van der Waals surface area contributed by atoms with Crippen LogP contribution in [-0.4, -0.2) is 36.9 Å². The number of benzene rings is 2. The topological polar surface area (TPSA) is 111 Å². The maximum absolute atomic E-state index is 12.0. The first-order valence-electron chi connectivity index (χ1n) is 8.62. The lowest BCUT2D eigenvalue weighted by Gasteiger charge is -2.05. The number of carbonyl (C=O) groups is 1. The summed E-state index contributed by atoms with van der Waals surface area (Å²) >= 11 is 0. The average Bonchev–Trinajstić information content (AvgIpc) is 3.17. The molecule has 1 heterocycles.